The molecule has 0 saturated carbocycles. The van der Waals surface area contributed by atoms with Crippen LogP contribution >= 0.6 is 24.0 Å². The molecule has 0 amide bonds. The molecule has 1 aromatic carbocycles. The van der Waals surface area contributed by atoms with Crippen LogP contribution in [0, 0.1) is 0 Å². The molecule has 1 fully saturated rings. The van der Waals surface area contributed by atoms with Gasteiger partial charge >= 0.3 is 0 Å². The maximum atomic E-state index is 5.71. The summed E-state index contributed by atoms with van der Waals surface area (Å²) in [6, 6.07) is 10.7. The number of aliphatic imine (C=N–C) groups is 1. The summed E-state index contributed by atoms with van der Waals surface area (Å²) in [5.74, 6) is 0.866. The largest absolute Gasteiger partial charge is 0.379 e. The minimum Gasteiger partial charge on any atom is -0.379 e. The monoisotopic (exact) mass is 504 g/mol. The molecule has 28 heavy (non-hydrogen) atoms. The standard InChI is InChI=1S/C21H36N4O2.HI/c1-4-22-21(23-13-9-14-26-17-20-12-8-15-27-20)24-16-18(2)25(3)19-10-6-5-7-11-19;/h5-7,10-11,18,20H,4,8-9,12-17H2,1-3H3,(H2,22,23,24);1H. The van der Waals surface area contributed by atoms with Crippen LogP contribution in [0.15, 0.2) is 35.3 Å². The fourth-order valence-electron chi connectivity index (χ4n) is 2.98. The number of anilines is 1. The number of likely N-dealkylation sites (N-methyl/N-ethyl adjacent to an activating group) is 1. The molecule has 160 valence electrons. The number of nitrogens with one attached hydrogen (secondary N) is 2. The van der Waals surface area contributed by atoms with Gasteiger partial charge in [0.1, 0.15) is 0 Å². The lowest BCUT2D eigenvalue weighted by Gasteiger charge is -2.26. The zero-order valence-electron chi connectivity index (χ0n) is 17.5. The van der Waals surface area contributed by atoms with E-state index in [9.17, 15) is 0 Å². The van der Waals surface area contributed by atoms with Gasteiger partial charge in [0.15, 0.2) is 5.96 Å². The molecule has 2 rings (SSSR count). The van der Waals surface area contributed by atoms with E-state index < -0.39 is 0 Å². The normalized spacial score (nSPS) is 17.7. The third-order valence-electron chi connectivity index (χ3n) is 4.77. The molecule has 0 aromatic heterocycles. The summed E-state index contributed by atoms with van der Waals surface area (Å²) in [5, 5.41) is 6.70. The molecular weight excluding hydrogens is 467 g/mol. The smallest absolute Gasteiger partial charge is 0.191 e. The Morgan fingerprint density at radius 2 is 2.11 bits per heavy atom. The minimum atomic E-state index is 0. The maximum Gasteiger partial charge on any atom is 0.191 e. The molecule has 1 heterocycles. The number of nitrogens with zero attached hydrogens (tertiary/aromatic N) is 2. The summed E-state index contributed by atoms with van der Waals surface area (Å²) >= 11 is 0. The highest BCUT2D eigenvalue weighted by molar-refractivity contribution is 14.0. The van der Waals surface area contributed by atoms with Crippen LogP contribution in [0.4, 0.5) is 5.69 Å². The molecule has 0 aliphatic carbocycles. The van der Waals surface area contributed by atoms with Gasteiger partial charge in [-0.05, 0) is 45.2 Å². The highest BCUT2D eigenvalue weighted by Gasteiger charge is 2.15. The lowest BCUT2D eigenvalue weighted by molar-refractivity contribution is 0.0168. The van der Waals surface area contributed by atoms with Crippen molar-refractivity contribution in [3.8, 4) is 0 Å². The molecule has 0 radical (unpaired) electrons. The van der Waals surface area contributed by atoms with E-state index in [2.05, 4.69) is 60.7 Å². The predicted molar refractivity (Wildman–Crippen MR) is 128 cm³/mol. The molecule has 0 spiro atoms. The third kappa shape index (κ3) is 9.43. The summed E-state index contributed by atoms with van der Waals surface area (Å²) in [6.07, 6.45) is 3.55. The number of guanidine groups is 1. The van der Waals surface area contributed by atoms with Crippen molar-refractivity contribution in [3.63, 3.8) is 0 Å². The summed E-state index contributed by atoms with van der Waals surface area (Å²) in [4.78, 5) is 6.99. The highest BCUT2D eigenvalue weighted by Crippen LogP contribution is 2.14. The van der Waals surface area contributed by atoms with Crippen LogP contribution in [-0.4, -0.2) is 64.6 Å². The molecule has 0 bridgehead atoms. The molecule has 2 N–H and O–H groups in total. The number of rotatable bonds is 11. The fourth-order valence-corrected chi connectivity index (χ4v) is 2.98. The topological polar surface area (TPSA) is 58.1 Å². The van der Waals surface area contributed by atoms with Gasteiger partial charge in [-0.15, -0.1) is 24.0 Å². The molecule has 2 unspecified atom stereocenters. The van der Waals surface area contributed by atoms with Crippen LogP contribution in [0.1, 0.15) is 33.1 Å². The average Bonchev–Trinajstić information content (AvgIpc) is 3.22. The second kappa shape index (κ2) is 14.9. The van der Waals surface area contributed by atoms with E-state index in [1.165, 1.54) is 5.69 Å². The van der Waals surface area contributed by atoms with Crippen molar-refractivity contribution in [2.75, 3.05) is 51.4 Å². The second-order valence-electron chi connectivity index (χ2n) is 7.01. The van der Waals surface area contributed by atoms with Crippen molar-refractivity contribution in [3.05, 3.63) is 30.3 Å². The minimum absolute atomic E-state index is 0. The van der Waals surface area contributed by atoms with Crippen molar-refractivity contribution in [1.82, 2.24) is 10.6 Å². The number of halogens is 1. The quantitative estimate of drug-likeness (QED) is 0.210. The first-order valence-electron chi connectivity index (χ1n) is 10.2. The van der Waals surface area contributed by atoms with Crippen LogP contribution in [0.25, 0.3) is 0 Å². The number of hydrogen-bond acceptors (Lipinski definition) is 4. The van der Waals surface area contributed by atoms with E-state index in [-0.39, 0.29) is 24.0 Å². The van der Waals surface area contributed by atoms with Crippen molar-refractivity contribution in [1.29, 1.82) is 0 Å². The van der Waals surface area contributed by atoms with E-state index in [0.29, 0.717) is 12.1 Å². The van der Waals surface area contributed by atoms with Gasteiger partial charge in [-0.25, -0.2) is 0 Å². The number of para-hydroxylation sites is 1. The van der Waals surface area contributed by atoms with Crippen molar-refractivity contribution >= 4 is 35.6 Å². The average molecular weight is 504 g/mol. The van der Waals surface area contributed by atoms with E-state index in [0.717, 1.165) is 64.7 Å². The second-order valence-corrected chi connectivity index (χ2v) is 7.01. The Morgan fingerprint density at radius 3 is 2.79 bits per heavy atom. The Hall–Kier alpha value is -1.06. The van der Waals surface area contributed by atoms with Gasteiger partial charge in [-0.3, -0.25) is 4.99 Å². The summed E-state index contributed by atoms with van der Waals surface area (Å²) in [7, 11) is 2.11. The SMILES string of the molecule is CCNC(=NCC(C)N(C)c1ccccc1)NCCCOCC1CCCO1.I. The first-order valence-corrected chi connectivity index (χ1v) is 10.2. The van der Waals surface area contributed by atoms with Crippen molar-refractivity contribution in [2.24, 2.45) is 4.99 Å². The Labute approximate surface area is 187 Å². The lowest BCUT2D eigenvalue weighted by Crippen LogP contribution is -2.40. The molecule has 1 saturated heterocycles. The van der Waals surface area contributed by atoms with Gasteiger partial charge in [0.05, 0.1) is 19.3 Å². The van der Waals surface area contributed by atoms with Gasteiger partial charge < -0.3 is 25.0 Å². The van der Waals surface area contributed by atoms with E-state index in [1.54, 1.807) is 0 Å². The van der Waals surface area contributed by atoms with Crippen LogP contribution in [0.5, 0.6) is 0 Å². The zero-order chi connectivity index (χ0) is 19.3. The summed E-state index contributed by atoms with van der Waals surface area (Å²) < 4.78 is 11.3. The molecule has 1 aliphatic heterocycles. The number of benzene rings is 1. The molecule has 7 heteroatoms. The third-order valence-corrected chi connectivity index (χ3v) is 4.77. The summed E-state index contributed by atoms with van der Waals surface area (Å²) in [5.41, 5.74) is 1.21. The molecule has 6 nitrogen and oxygen atoms in total. The zero-order valence-corrected chi connectivity index (χ0v) is 19.9. The van der Waals surface area contributed by atoms with E-state index in [1.807, 2.05) is 6.07 Å². The van der Waals surface area contributed by atoms with Crippen LogP contribution in [0.2, 0.25) is 0 Å². The Kier molecular flexibility index (Phi) is 13.3. The van der Waals surface area contributed by atoms with Gasteiger partial charge in [-0.1, -0.05) is 18.2 Å². The molecular formula is C21H37IN4O2. The number of ether oxygens (including phenoxy) is 2. The van der Waals surface area contributed by atoms with Gasteiger partial charge in [-0.2, -0.15) is 0 Å². The molecule has 2 atom stereocenters. The van der Waals surface area contributed by atoms with Crippen LogP contribution in [0.3, 0.4) is 0 Å². The Balaban J connectivity index is 0.00000392. The number of hydrogen-bond donors (Lipinski definition) is 2. The van der Waals surface area contributed by atoms with Crippen molar-refractivity contribution in [2.45, 2.75) is 45.3 Å². The molecule has 1 aromatic rings. The van der Waals surface area contributed by atoms with Crippen molar-refractivity contribution < 1.29 is 9.47 Å². The molecule has 1 aliphatic rings. The first kappa shape index (κ1) is 25.0. The van der Waals surface area contributed by atoms with Crippen LogP contribution in [-0.2, 0) is 9.47 Å². The van der Waals surface area contributed by atoms with E-state index >= 15 is 0 Å². The van der Waals surface area contributed by atoms with E-state index in [4.69, 9.17) is 14.5 Å². The first-order chi connectivity index (χ1) is 13.2. The Bertz CT molecular complexity index is 538. The van der Waals surface area contributed by atoms with Gasteiger partial charge in [0.2, 0.25) is 0 Å². The predicted octanol–water partition coefficient (Wildman–Crippen LogP) is 3.27. The van der Waals surface area contributed by atoms with Gasteiger partial charge in [0.25, 0.3) is 0 Å². The van der Waals surface area contributed by atoms with Gasteiger partial charge in [0, 0.05) is 45.1 Å². The summed E-state index contributed by atoms with van der Waals surface area (Å²) in [6.45, 7) is 9.06. The highest BCUT2D eigenvalue weighted by atomic mass is 127. The van der Waals surface area contributed by atoms with Crippen LogP contribution < -0.4 is 15.5 Å². The fraction of sp³-hybridized carbons (Fsp3) is 0.667. The lowest BCUT2D eigenvalue weighted by atomic mass is 10.2. The maximum absolute atomic E-state index is 5.71. The Morgan fingerprint density at radius 1 is 1.32 bits per heavy atom.